The smallest absolute Gasteiger partial charge is 0.262 e. The van der Waals surface area contributed by atoms with Crippen molar-refractivity contribution in [2.45, 2.75) is 31.8 Å². The van der Waals surface area contributed by atoms with Gasteiger partial charge in [-0.1, -0.05) is 6.07 Å². The van der Waals surface area contributed by atoms with E-state index in [0.717, 1.165) is 6.07 Å². The summed E-state index contributed by atoms with van der Waals surface area (Å²) in [5.41, 5.74) is 0.869. The third-order valence-electron chi connectivity index (χ3n) is 2.92. The van der Waals surface area contributed by atoms with Crippen LogP contribution >= 0.6 is 0 Å². The monoisotopic (exact) mass is 323 g/mol. The molecule has 2 aromatic rings. The van der Waals surface area contributed by atoms with Gasteiger partial charge in [-0.25, -0.2) is 12.8 Å². The van der Waals surface area contributed by atoms with Gasteiger partial charge in [-0.3, -0.25) is 4.72 Å². The van der Waals surface area contributed by atoms with Crippen molar-refractivity contribution >= 4 is 15.7 Å². The molecule has 0 aromatic heterocycles. The molecule has 0 radical (unpaired) electrons. The molecule has 118 valence electrons. The summed E-state index contributed by atoms with van der Waals surface area (Å²) in [6.45, 7) is 5.43. The van der Waals surface area contributed by atoms with E-state index in [1.54, 1.807) is 31.2 Å². The summed E-state index contributed by atoms with van der Waals surface area (Å²) in [7, 11) is -3.83. The second kappa shape index (κ2) is 6.36. The lowest BCUT2D eigenvalue weighted by molar-refractivity contribution is 0.242. The maximum Gasteiger partial charge on any atom is 0.262 e. The highest BCUT2D eigenvalue weighted by Crippen LogP contribution is 2.22. The zero-order chi connectivity index (χ0) is 16.3. The largest absolute Gasteiger partial charge is 0.491 e. The first-order valence-electron chi connectivity index (χ1n) is 6.83. The van der Waals surface area contributed by atoms with Crippen molar-refractivity contribution < 1.29 is 17.5 Å². The van der Waals surface area contributed by atoms with Crippen LogP contribution in [-0.4, -0.2) is 14.5 Å². The van der Waals surface area contributed by atoms with Crippen LogP contribution < -0.4 is 9.46 Å². The Balaban J connectivity index is 2.23. The van der Waals surface area contributed by atoms with Crippen molar-refractivity contribution in [3.05, 3.63) is 53.8 Å². The van der Waals surface area contributed by atoms with Crippen molar-refractivity contribution in [1.82, 2.24) is 0 Å². The molecule has 0 fully saturated rings. The summed E-state index contributed by atoms with van der Waals surface area (Å²) in [6.07, 6.45) is 0.0393. The molecule has 0 saturated carbocycles. The zero-order valence-electron chi connectivity index (χ0n) is 12.6. The Morgan fingerprint density at radius 2 is 1.73 bits per heavy atom. The standard InChI is InChI=1S/C16H18FNO3S/c1-11(2)21-15-8-6-14(7-9-15)18-22(19,20)16-10-13(17)5-4-12(16)3/h4-11,18H,1-3H3. The molecule has 0 aliphatic carbocycles. The molecule has 1 N–H and O–H groups in total. The van der Waals surface area contributed by atoms with Crippen molar-refractivity contribution in [3.63, 3.8) is 0 Å². The topological polar surface area (TPSA) is 55.4 Å². The normalized spacial score (nSPS) is 11.5. The lowest BCUT2D eigenvalue weighted by Crippen LogP contribution is -2.14. The molecule has 22 heavy (non-hydrogen) atoms. The van der Waals surface area contributed by atoms with Gasteiger partial charge in [0.15, 0.2) is 0 Å². The predicted octanol–water partition coefficient (Wildman–Crippen LogP) is 3.72. The number of aryl methyl sites for hydroxylation is 1. The van der Waals surface area contributed by atoms with Crippen molar-refractivity contribution in [1.29, 1.82) is 0 Å². The molecular weight excluding hydrogens is 305 g/mol. The van der Waals surface area contributed by atoms with Gasteiger partial charge in [-0.05, 0) is 62.7 Å². The molecule has 0 saturated heterocycles. The third kappa shape index (κ3) is 3.98. The summed E-state index contributed by atoms with van der Waals surface area (Å²) in [6, 6.07) is 10.2. The molecule has 4 nitrogen and oxygen atoms in total. The van der Waals surface area contributed by atoms with E-state index in [9.17, 15) is 12.8 Å². The number of nitrogens with one attached hydrogen (secondary N) is 1. The van der Waals surface area contributed by atoms with Gasteiger partial charge in [0.25, 0.3) is 10.0 Å². The molecule has 0 bridgehead atoms. The number of hydrogen-bond donors (Lipinski definition) is 1. The first-order chi connectivity index (χ1) is 10.3. The fourth-order valence-corrected chi connectivity index (χ4v) is 3.26. The molecule has 0 heterocycles. The van der Waals surface area contributed by atoms with E-state index in [-0.39, 0.29) is 11.0 Å². The molecular formula is C16H18FNO3S. The third-order valence-corrected chi connectivity index (χ3v) is 4.44. The van der Waals surface area contributed by atoms with E-state index in [4.69, 9.17) is 4.74 Å². The van der Waals surface area contributed by atoms with Crippen LogP contribution in [0.4, 0.5) is 10.1 Å². The molecule has 6 heteroatoms. The minimum absolute atomic E-state index is 0.0393. The summed E-state index contributed by atoms with van der Waals surface area (Å²) < 4.78 is 45.9. The van der Waals surface area contributed by atoms with Gasteiger partial charge in [0.1, 0.15) is 11.6 Å². The van der Waals surface area contributed by atoms with Crippen molar-refractivity contribution in [3.8, 4) is 5.75 Å². The fraction of sp³-hybridized carbons (Fsp3) is 0.250. The molecule has 0 aliphatic heterocycles. The van der Waals surface area contributed by atoms with E-state index in [1.165, 1.54) is 12.1 Å². The number of benzene rings is 2. The number of anilines is 1. The van der Waals surface area contributed by atoms with Gasteiger partial charge in [-0.15, -0.1) is 0 Å². The van der Waals surface area contributed by atoms with Gasteiger partial charge < -0.3 is 4.74 Å². The highest BCUT2D eigenvalue weighted by Gasteiger charge is 2.17. The minimum atomic E-state index is -3.83. The summed E-state index contributed by atoms with van der Waals surface area (Å²) in [4.78, 5) is -0.0741. The molecule has 0 spiro atoms. The van der Waals surface area contributed by atoms with Crippen LogP contribution in [0.15, 0.2) is 47.4 Å². The molecule has 0 unspecified atom stereocenters. The lowest BCUT2D eigenvalue weighted by Gasteiger charge is -2.12. The molecule has 2 aromatic carbocycles. The number of rotatable bonds is 5. The van der Waals surface area contributed by atoms with E-state index in [0.29, 0.717) is 17.0 Å². The second-order valence-corrected chi connectivity index (χ2v) is 6.86. The lowest BCUT2D eigenvalue weighted by atomic mass is 10.2. The van der Waals surface area contributed by atoms with Gasteiger partial charge in [0.2, 0.25) is 0 Å². The van der Waals surface area contributed by atoms with Crippen LogP contribution in [0.3, 0.4) is 0 Å². The van der Waals surface area contributed by atoms with Gasteiger partial charge in [-0.2, -0.15) is 0 Å². The van der Waals surface area contributed by atoms with Crippen LogP contribution in [0.1, 0.15) is 19.4 Å². The molecule has 2 rings (SSSR count). The molecule has 0 aliphatic rings. The highest BCUT2D eigenvalue weighted by molar-refractivity contribution is 7.92. The Bertz CT molecular complexity index is 755. The second-order valence-electron chi connectivity index (χ2n) is 5.21. The van der Waals surface area contributed by atoms with Crippen molar-refractivity contribution in [2.24, 2.45) is 0 Å². The molecule has 0 amide bonds. The van der Waals surface area contributed by atoms with E-state index in [1.807, 2.05) is 13.8 Å². The Labute approximate surface area is 130 Å². The zero-order valence-corrected chi connectivity index (χ0v) is 13.4. The van der Waals surface area contributed by atoms with Crippen LogP contribution in [0, 0.1) is 12.7 Å². The Hall–Kier alpha value is -2.08. The van der Waals surface area contributed by atoms with Crippen LogP contribution in [0.5, 0.6) is 5.75 Å². The average molecular weight is 323 g/mol. The average Bonchev–Trinajstić information content (AvgIpc) is 2.43. The number of halogens is 1. The van der Waals surface area contributed by atoms with Gasteiger partial charge in [0, 0.05) is 5.69 Å². The number of hydrogen-bond acceptors (Lipinski definition) is 3. The quantitative estimate of drug-likeness (QED) is 0.912. The SMILES string of the molecule is Cc1ccc(F)cc1S(=O)(=O)Nc1ccc(OC(C)C)cc1. The van der Waals surface area contributed by atoms with Crippen LogP contribution in [0.2, 0.25) is 0 Å². The van der Waals surface area contributed by atoms with Crippen LogP contribution in [-0.2, 0) is 10.0 Å². The first kappa shape index (κ1) is 16.3. The van der Waals surface area contributed by atoms with E-state index in [2.05, 4.69) is 4.72 Å². The van der Waals surface area contributed by atoms with E-state index < -0.39 is 15.8 Å². The van der Waals surface area contributed by atoms with Crippen molar-refractivity contribution in [2.75, 3.05) is 4.72 Å². The van der Waals surface area contributed by atoms with Gasteiger partial charge >= 0.3 is 0 Å². The summed E-state index contributed by atoms with van der Waals surface area (Å²) in [5, 5.41) is 0. The summed E-state index contributed by atoms with van der Waals surface area (Å²) in [5.74, 6) is 0.0616. The minimum Gasteiger partial charge on any atom is -0.491 e. The van der Waals surface area contributed by atoms with E-state index >= 15 is 0 Å². The number of sulfonamides is 1. The Morgan fingerprint density at radius 1 is 1.09 bits per heavy atom. The fourth-order valence-electron chi connectivity index (χ4n) is 1.95. The van der Waals surface area contributed by atoms with Crippen LogP contribution in [0.25, 0.3) is 0 Å². The predicted molar refractivity (Wildman–Crippen MR) is 84.2 cm³/mol. The Kier molecular flexibility index (Phi) is 4.71. The maximum atomic E-state index is 13.3. The maximum absolute atomic E-state index is 13.3. The number of ether oxygens (including phenoxy) is 1. The Morgan fingerprint density at radius 3 is 2.32 bits per heavy atom. The first-order valence-corrected chi connectivity index (χ1v) is 8.32. The molecule has 0 atom stereocenters. The highest BCUT2D eigenvalue weighted by atomic mass is 32.2. The van der Waals surface area contributed by atoms with Gasteiger partial charge in [0.05, 0.1) is 11.0 Å². The summed E-state index contributed by atoms with van der Waals surface area (Å²) >= 11 is 0.